The van der Waals surface area contributed by atoms with E-state index in [1.165, 1.54) is 0 Å². The first-order valence-corrected chi connectivity index (χ1v) is 9.18. The van der Waals surface area contributed by atoms with Gasteiger partial charge in [-0.15, -0.1) is 11.3 Å². The fraction of sp³-hybridized carbons (Fsp3) is 0.263. The van der Waals surface area contributed by atoms with Gasteiger partial charge >= 0.3 is 6.03 Å². The van der Waals surface area contributed by atoms with E-state index in [4.69, 9.17) is 4.42 Å². The van der Waals surface area contributed by atoms with Gasteiger partial charge in [-0.05, 0) is 57.4 Å². The summed E-state index contributed by atoms with van der Waals surface area (Å²) in [6, 6.07) is 11.1. The molecule has 3 aromatic rings. The molecule has 7 heteroatoms. The van der Waals surface area contributed by atoms with Crippen LogP contribution in [-0.2, 0) is 0 Å². The van der Waals surface area contributed by atoms with Gasteiger partial charge in [-0.25, -0.2) is 9.78 Å². The molecule has 26 heavy (non-hydrogen) atoms. The number of nitrogens with one attached hydrogen (secondary N) is 2. The third kappa shape index (κ3) is 4.50. The largest absolute Gasteiger partial charge is 0.468 e. The van der Waals surface area contributed by atoms with E-state index < -0.39 is 0 Å². The molecule has 0 radical (unpaired) electrons. The molecule has 2 aromatic heterocycles. The number of anilines is 1. The van der Waals surface area contributed by atoms with Gasteiger partial charge in [0.25, 0.3) is 0 Å². The van der Waals surface area contributed by atoms with Gasteiger partial charge in [-0.3, -0.25) is 4.90 Å². The van der Waals surface area contributed by atoms with Crippen LogP contribution < -0.4 is 10.6 Å². The lowest BCUT2D eigenvalue weighted by atomic mass is 10.2. The van der Waals surface area contributed by atoms with Crippen molar-refractivity contribution >= 4 is 23.1 Å². The highest BCUT2D eigenvalue weighted by molar-refractivity contribution is 7.13. The highest BCUT2D eigenvalue weighted by Crippen LogP contribution is 2.24. The molecule has 0 saturated carbocycles. The Bertz CT molecular complexity index is 841. The molecule has 0 aliphatic carbocycles. The number of furan rings is 1. The van der Waals surface area contributed by atoms with Crippen molar-refractivity contribution in [2.45, 2.75) is 13.0 Å². The second kappa shape index (κ2) is 8.16. The number of rotatable bonds is 6. The molecule has 0 fully saturated rings. The Labute approximate surface area is 156 Å². The number of carbonyl (C=O) groups is 1. The number of hydrogen-bond donors (Lipinski definition) is 2. The Morgan fingerprint density at radius 3 is 2.62 bits per heavy atom. The fourth-order valence-electron chi connectivity index (χ4n) is 2.57. The monoisotopic (exact) mass is 370 g/mol. The summed E-state index contributed by atoms with van der Waals surface area (Å²) in [6.45, 7) is 2.42. The topological polar surface area (TPSA) is 70.4 Å². The van der Waals surface area contributed by atoms with Crippen LogP contribution in [0.5, 0.6) is 0 Å². The Balaban J connectivity index is 1.56. The summed E-state index contributed by atoms with van der Waals surface area (Å²) < 4.78 is 5.45. The van der Waals surface area contributed by atoms with E-state index in [2.05, 4.69) is 15.6 Å². The molecule has 2 heterocycles. The van der Waals surface area contributed by atoms with Crippen molar-refractivity contribution in [2.75, 3.05) is 26.0 Å². The minimum atomic E-state index is -0.249. The van der Waals surface area contributed by atoms with Crippen LogP contribution in [0.2, 0.25) is 0 Å². The molecule has 0 aliphatic rings. The van der Waals surface area contributed by atoms with E-state index in [9.17, 15) is 4.79 Å². The van der Waals surface area contributed by atoms with Crippen molar-refractivity contribution in [1.82, 2.24) is 15.2 Å². The first-order valence-electron chi connectivity index (χ1n) is 8.30. The number of benzene rings is 1. The number of likely N-dealkylation sites (N-methyl/N-ethyl adjacent to an activating group) is 1. The van der Waals surface area contributed by atoms with Crippen molar-refractivity contribution < 1.29 is 9.21 Å². The fourth-order valence-corrected chi connectivity index (χ4v) is 3.37. The minimum absolute atomic E-state index is 0.0220. The molecule has 3 rings (SSSR count). The molecule has 1 atom stereocenters. The summed E-state index contributed by atoms with van der Waals surface area (Å²) in [7, 11) is 3.90. The first kappa shape index (κ1) is 18.2. The summed E-state index contributed by atoms with van der Waals surface area (Å²) in [5.41, 5.74) is 2.79. The number of hydrogen-bond acceptors (Lipinski definition) is 5. The van der Waals surface area contributed by atoms with Crippen molar-refractivity contribution in [3.05, 3.63) is 59.5 Å². The standard InChI is InChI=1S/C19H22N4O2S/c1-13-12-26-18(21-13)14-6-8-15(9-7-14)22-19(24)20-11-16(23(2)3)17-5-4-10-25-17/h4-10,12,16H,11H2,1-3H3,(H2,20,22,24). The zero-order chi connectivity index (χ0) is 18.5. The van der Waals surface area contributed by atoms with E-state index in [0.717, 1.165) is 27.7 Å². The predicted octanol–water partition coefficient (Wildman–Crippen LogP) is 4.14. The second-order valence-corrected chi connectivity index (χ2v) is 7.06. The molecule has 136 valence electrons. The van der Waals surface area contributed by atoms with Crippen molar-refractivity contribution in [1.29, 1.82) is 0 Å². The number of thiazole rings is 1. The van der Waals surface area contributed by atoms with Crippen LogP contribution in [0.3, 0.4) is 0 Å². The molecular formula is C19H22N4O2S. The molecule has 0 bridgehead atoms. The van der Waals surface area contributed by atoms with Gasteiger partial charge in [0, 0.05) is 28.9 Å². The number of aryl methyl sites for hydroxylation is 1. The normalized spacial score (nSPS) is 12.2. The Morgan fingerprint density at radius 1 is 1.27 bits per heavy atom. The second-order valence-electron chi connectivity index (χ2n) is 6.20. The Morgan fingerprint density at radius 2 is 2.04 bits per heavy atom. The maximum atomic E-state index is 12.2. The average molecular weight is 370 g/mol. The molecule has 0 saturated heterocycles. The summed E-state index contributed by atoms with van der Waals surface area (Å²) in [5.74, 6) is 0.818. The van der Waals surface area contributed by atoms with Gasteiger partial charge in [0.2, 0.25) is 0 Å². The van der Waals surface area contributed by atoms with Crippen LogP contribution in [0.25, 0.3) is 10.6 Å². The summed E-state index contributed by atoms with van der Waals surface area (Å²) in [6.07, 6.45) is 1.64. The van der Waals surface area contributed by atoms with Gasteiger partial charge in [0.15, 0.2) is 0 Å². The molecule has 2 N–H and O–H groups in total. The van der Waals surface area contributed by atoms with Crippen LogP contribution in [0, 0.1) is 6.92 Å². The minimum Gasteiger partial charge on any atom is -0.468 e. The summed E-state index contributed by atoms with van der Waals surface area (Å²) in [4.78, 5) is 18.7. The predicted molar refractivity (Wildman–Crippen MR) is 104 cm³/mol. The zero-order valence-corrected chi connectivity index (χ0v) is 15.8. The quantitative estimate of drug-likeness (QED) is 0.684. The molecule has 0 aliphatic heterocycles. The van der Waals surface area contributed by atoms with Crippen LogP contribution in [-0.4, -0.2) is 36.6 Å². The van der Waals surface area contributed by atoms with Crippen molar-refractivity contribution in [2.24, 2.45) is 0 Å². The van der Waals surface area contributed by atoms with Crippen LogP contribution in [0.15, 0.2) is 52.5 Å². The van der Waals surface area contributed by atoms with Gasteiger partial charge in [-0.2, -0.15) is 0 Å². The van der Waals surface area contributed by atoms with Gasteiger partial charge in [-0.1, -0.05) is 0 Å². The maximum absolute atomic E-state index is 12.2. The third-order valence-electron chi connectivity index (χ3n) is 3.96. The van der Waals surface area contributed by atoms with Gasteiger partial charge in [0.1, 0.15) is 10.8 Å². The van der Waals surface area contributed by atoms with E-state index in [1.54, 1.807) is 17.6 Å². The lowest BCUT2D eigenvalue weighted by Gasteiger charge is -2.22. The SMILES string of the molecule is Cc1csc(-c2ccc(NC(=O)NCC(c3ccco3)N(C)C)cc2)n1. The zero-order valence-electron chi connectivity index (χ0n) is 15.0. The van der Waals surface area contributed by atoms with Crippen molar-refractivity contribution in [3.63, 3.8) is 0 Å². The molecular weight excluding hydrogens is 348 g/mol. The highest BCUT2D eigenvalue weighted by Gasteiger charge is 2.17. The van der Waals surface area contributed by atoms with Crippen LogP contribution in [0.4, 0.5) is 10.5 Å². The Hall–Kier alpha value is -2.64. The van der Waals surface area contributed by atoms with E-state index in [1.807, 2.05) is 67.7 Å². The number of urea groups is 1. The maximum Gasteiger partial charge on any atom is 0.319 e. The number of nitrogens with zero attached hydrogens (tertiary/aromatic N) is 2. The van der Waals surface area contributed by atoms with Gasteiger partial charge < -0.3 is 15.1 Å². The Kier molecular flexibility index (Phi) is 5.70. The molecule has 0 spiro atoms. The van der Waals surface area contributed by atoms with Crippen LogP contribution >= 0.6 is 11.3 Å². The van der Waals surface area contributed by atoms with E-state index in [-0.39, 0.29) is 12.1 Å². The van der Waals surface area contributed by atoms with E-state index >= 15 is 0 Å². The van der Waals surface area contributed by atoms with E-state index in [0.29, 0.717) is 6.54 Å². The molecule has 1 aromatic carbocycles. The summed E-state index contributed by atoms with van der Waals surface area (Å²) >= 11 is 1.61. The average Bonchev–Trinajstić information content (AvgIpc) is 3.27. The van der Waals surface area contributed by atoms with Crippen molar-refractivity contribution in [3.8, 4) is 10.6 Å². The summed E-state index contributed by atoms with van der Waals surface area (Å²) in [5, 5.41) is 8.74. The first-order chi connectivity index (χ1) is 12.5. The lowest BCUT2D eigenvalue weighted by molar-refractivity contribution is 0.233. The third-order valence-corrected chi connectivity index (χ3v) is 4.97. The smallest absolute Gasteiger partial charge is 0.319 e. The lowest BCUT2D eigenvalue weighted by Crippen LogP contribution is -2.36. The number of carbonyl (C=O) groups excluding carboxylic acids is 1. The van der Waals surface area contributed by atoms with Crippen LogP contribution in [0.1, 0.15) is 17.5 Å². The number of aromatic nitrogens is 1. The number of amides is 2. The van der Waals surface area contributed by atoms with Gasteiger partial charge in [0.05, 0.1) is 12.3 Å². The molecule has 1 unspecified atom stereocenters. The molecule has 6 nitrogen and oxygen atoms in total. The molecule has 2 amide bonds. The highest BCUT2D eigenvalue weighted by atomic mass is 32.1.